The Labute approximate surface area is 110 Å². The molecule has 0 aromatic carbocycles. The Balaban J connectivity index is 2.51. The number of hydrogen-bond donors (Lipinski definition) is 1. The average molecular weight is 302 g/mol. The highest BCUT2D eigenvalue weighted by Crippen LogP contribution is 2.11. The van der Waals surface area contributed by atoms with Gasteiger partial charge in [0, 0.05) is 35.9 Å². The van der Waals surface area contributed by atoms with E-state index >= 15 is 0 Å². The Morgan fingerprint density at radius 1 is 1.62 bits per heavy atom. The second kappa shape index (κ2) is 6.27. The average Bonchev–Trinajstić information content (AvgIpc) is 2.16. The smallest absolute Gasteiger partial charge is 0.0768 e. The number of pyridine rings is 1. The molecule has 16 heavy (non-hydrogen) atoms. The van der Waals surface area contributed by atoms with Crippen LogP contribution in [0.5, 0.6) is 0 Å². The van der Waals surface area contributed by atoms with Gasteiger partial charge >= 0.3 is 0 Å². The van der Waals surface area contributed by atoms with Crippen LogP contribution in [0.4, 0.5) is 0 Å². The van der Waals surface area contributed by atoms with Crippen LogP contribution in [0, 0.1) is 5.92 Å². The highest BCUT2D eigenvalue weighted by atomic mass is 79.9. The summed E-state index contributed by atoms with van der Waals surface area (Å²) in [5.74, 6) is 0.236. The van der Waals surface area contributed by atoms with Gasteiger partial charge in [-0.2, -0.15) is 0 Å². The Morgan fingerprint density at radius 3 is 2.88 bits per heavy atom. The molecule has 0 saturated heterocycles. The molecule has 1 rings (SSSR count). The van der Waals surface area contributed by atoms with Gasteiger partial charge in [0.15, 0.2) is 0 Å². The van der Waals surface area contributed by atoms with Gasteiger partial charge in [-0.05, 0) is 34.6 Å². The fourth-order valence-corrected chi connectivity index (χ4v) is 1.96. The minimum absolute atomic E-state index is 0.236. The fraction of sp³-hybridized carbons (Fsp3) is 0.455. The van der Waals surface area contributed by atoms with Gasteiger partial charge in [-0.25, -0.2) is 0 Å². The summed E-state index contributed by atoms with van der Waals surface area (Å²) in [5, 5.41) is 0. The lowest BCUT2D eigenvalue weighted by Gasteiger charge is -2.20. The summed E-state index contributed by atoms with van der Waals surface area (Å²) in [6.07, 6.45) is 3.65. The highest BCUT2D eigenvalue weighted by Gasteiger charge is 2.09. The predicted molar refractivity (Wildman–Crippen MR) is 74.2 cm³/mol. The van der Waals surface area contributed by atoms with Gasteiger partial charge in [0.05, 0.1) is 4.99 Å². The molecule has 0 bridgehead atoms. The molecule has 0 amide bonds. The van der Waals surface area contributed by atoms with E-state index < -0.39 is 0 Å². The summed E-state index contributed by atoms with van der Waals surface area (Å²) < 4.78 is 1.00. The molecular formula is C11H16BrN3S. The zero-order valence-electron chi connectivity index (χ0n) is 9.48. The van der Waals surface area contributed by atoms with Crippen molar-refractivity contribution in [3.8, 4) is 0 Å². The van der Waals surface area contributed by atoms with Crippen LogP contribution in [0.25, 0.3) is 0 Å². The van der Waals surface area contributed by atoms with E-state index in [9.17, 15) is 0 Å². The highest BCUT2D eigenvalue weighted by molar-refractivity contribution is 9.10. The maximum absolute atomic E-state index is 5.59. The predicted octanol–water partition coefficient (Wildman–Crippen LogP) is 2.20. The van der Waals surface area contributed by atoms with Crippen LogP contribution in [0.2, 0.25) is 0 Å². The summed E-state index contributed by atoms with van der Waals surface area (Å²) in [5.41, 5.74) is 6.76. The monoisotopic (exact) mass is 301 g/mol. The van der Waals surface area contributed by atoms with Crippen molar-refractivity contribution in [2.24, 2.45) is 11.7 Å². The normalized spacial score (nSPS) is 12.8. The van der Waals surface area contributed by atoms with E-state index in [1.54, 1.807) is 6.20 Å². The number of thiocarbonyl (C=S) groups is 1. The van der Waals surface area contributed by atoms with E-state index in [4.69, 9.17) is 18.0 Å². The molecule has 2 N–H and O–H groups in total. The van der Waals surface area contributed by atoms with Crippen LogP contribution in [-0.4, -0.2) is 28.5 Å². The van der Waals surface area contributed by atoms with Gasteiger partial charge in [-0.1, -0.05) is 19.1 Å². The lowest BCUT2D eigenvalue weighted by molar-refractivity contribution is 0.307. The van der Waals surface area contributed by atoms with Crippen molar-refractivity contribution in [2.45, 2.75) is 13.5 Å². The van der Waals surface area contributed by atoms with E-state index in [2.05, 4.69) is 38.9 Å². The molecule has 0 spiro atoms. The zero-order valence-corrected chi connectivity index (χ0v) is 11.9. The van der Waals surface area contributed by atoms with E-state index in [0.29, 0.717) is 4.99 Å². The van der Waals surface area contributed by atoms with Crippen LogP contribution < -0.4 is 5.73 Å². The summed E-state index contributed by atoms with van der Waals surface area (Å²) in [6.45, 7) is 3.75. The largest absolute Gasteiger partial charge is 0.393 e. The molecule has 0 aliphatic rings. The summed E-state index contributed by atoms with van der Waals surface area (Å²) in [6, 6.07) is 2.06. The van der Waals surface area contributed by atoms with Crippen LogP contribution >= 0.6 is 28.1 Å². The number of nitrogens with two attached hydrogens (primary N) is 1. The number of hydrogen-bond acceptors (Lipinski definition) is 3. The van der Waals surface area contributed by atoms with Gasteiger partial charge < -0.3 is 10.6 Å². The Bertz CT molecular complexity index is 370. The quantitative estimate of drug-likeness (QED) is 0.847. The maximum Gasteiger partial charge on any atom is 0.0768 e. The topological polar surface area (TPSA) is 42.2 Å². The molecule has 0 aliphatic heterocycles. The number of halogens is 1. The second-order valence-electron chi connectivity index (χ2n) is 4.01. The van der Waals surface area contributed by atoms with Crippen molar-refractivity contribution in [3.63, 3.8) is 0 Å². The van der Waals surface area contributed by atoms with Gasteiger partial charge in [0.1, 0.15) is 0 Å². The van der Waals surface area contributed by atoms with Gasteiger partial charge in [0.2, 0.25) is 0 Å². The van der Waals surface area contributed by atoms with Crippen LogP contribution in [0.3, 0.4) is 0 Å². The van der Waals surface area contributed by atoms with E-state index in [1.165, 1.54) is 5.56 Å². The number of rotatable bonds is 5. The molecule has 1 aromatic heterocycles. The van der Waals surface area contributed by atoms with Gasteiger partial charge in [0.25, 0.3) is 0 Å². The molecule has 3 nitrogen and oxygen atoms in total. The van der Waals surface area contributed by atoms with Crippen molar-refractivity contribution < 1.29 is 0 Å². The summed E-state index contributed by atoms with van der Waals surface area (Å²) in [4.78, 5) is 6.88. The lowest BCUT2D eigenvalue weighted by Crippen LogP contribution is -2.31. The van der Waals surface area contributed by atoms with Crippen LogP contribution in [-0.2, 0) is 6.54 Å². The Hall–Kier alpha value is -0.520. The van der Waals surface area contributed by atoms with Crippen molar-refractivity contribution in [2.75, 3.05) is 13.6 Å². The zero-order chi connectivity index (χ0) is 12.1. The molecular weight excluding hydrogens is 286 g/mol. The number of aromatic nitrogens is 1. The molecule has 0 radical (unpaired) electrons. The minimum atomic E-state index is 0.236. The molecule has 1 unspecified atom stereocenters. The first-order valence-corrected chi connectivity index (χ1v) is 6.26. The van der Waals surface area contributed by atoms with E-state index in [-0.39, 0.29) is 5.92 Å². The maximum atomic E-state index is 5.59. The van der Waals surface area contributed by atoms with Gasteiger partial charge in [-0.3, -0.25) is 4.98 Å². The molecule has 0 fully saturated rings. The number of nitrogens with zero attached hydrogens (tertiary/aromatic N) is 2. The fourth-order valence-electron chi connectivity index (χ4n) is 1.48. The van der Waals surface area contributed by atoms with Crippen molar-refractivity contribution >= 4 is 33.1 Å². The SMILES string of the molecule is CC(CN(C)Cc1cncc(Br)c1)C(N)=S. The molecule has 88 valence electrons. The second-order valence-corrected chi connectivity index (χ2v) is 5.40. The lowest BCUT2D eigenvalue weighted by atomic mass is 10.1. The van der Waals surface area contributed by atoms with Crippen molar-refractivity contribution in [1.82, 2.24) is 9.88 Å². The summed E-state index contributed by atoms with van der Waals surface area (Å²) in [7, 11) is 2.05. The molecule has 1 atom stereocenters. The van der Waals surface area contributed by atoms with Gasteiger partial charge in [-0.15, -0.1) is 0 Å². The molecule has 1 aromatic rings. The Kier molecular flexibility index (Phi) is 5.31. The van der Waals surface area contributed by atoms with Crippen LogP contribution in [0.1, 0.15) is 12.5 Å². The first kappa shape index (κ1) is 13.5. The standard InChI is InChI=1S/C11H16BrN3S/c1-8(11(13)16)6-15(2)7-9-3-10(12)5-14-4-9/h3-5,8H,6-7H2,1-2H3,(H2,13,16). The summed E-state index contributed by atoms with van der Waals surface area (Å²) >= 11 is 8.36. The molecule has 0 saturated carbocycles. The Morgan fingerprint density at radius 2 is 2.31 bits per heavy atom. The third-order valence-electron chi connectivity index (χ3n) is 2.29. The molecule has 0 aliphatic carbocycles. The van der Waals surface area contributed by atoms with E-state index in [1.807, 2.05) is 13.1 Å². The van der Waals surface area contributed by atoms with Crippen LogP contribution in [0.15, 0.2) is 22.9 Å². The van der Waals surface area contributed by atoms with Crippen molar-refractivity contribution in [1.29, 1.82) is 0 Å². The third kappa shape index (κ3) is 4.55. The first-order chi connectivity index (χ1) is 7.49. The third-order valence-corrected chi connectivity index (χ3v) is 3.12. The molecule has 5 heteroatoms. The van der Waals surface area contributed by atoms with Crippen molar-refractivity contribution in [3.05, 3.63) is 28.5 Å². The minimum Gasteiger partial charge on any atom is -0.393 e. The molecule has 1 heterocycles. The first-order valence-electron chi connectivity index (χ1n) is 5.06. The van der Waals surface area contributed by atoms with E-state index in [0.717, 1.165) is 17.6 Å².